The highest BCUT2D eigenvalue weighted by Gasteiger charge is 2.19. The lowest BCUT2D eigenvalue weighted by Crippen LogP contribution is -2.39. The molecule has 4 heteroatoms. The SMILES string of the molecule is CCC1CN(CCC(NC)c2ccc(Br)cc2)CCS1. The third-order valence-electron chi connectivity index (χ3n) is 4.03. The zero-order chi connectivity index (χ0) is 14.4. The molecule has 1 saturated heterocycles. The van der Waals surface area contributed by atoms with E-state index >= 15 is 0 Å². The van der Waals surface area contributed by atoms with E-state index < -0.39 is 0 Å². The van der Waals surface area contributed by atoms with Crippen molar-refractivity contribution in [1.82, 2.24) is 10.2 Å². The summed E-state index contributed by atoms with van der Waals surface area (Å²) >= 11 is 5.64. The number of rotatable bonds is 6. The van der Waals surface area contributed by atoms with Crippen molar-refractivity contribution in [2.75, 3.05) is 32.4 Å². The highest BCUT2D eigenvalue weighted by Crippen LogP contribution is 2.23. The van der Waals surface area contributed by atoms with Crippen LogP contribution in [0.4, 0.5) is 0 Å². The first kappa shape index (κ1) is 16.3. The Balaban J connectivity index is 1.85. The van der Waals surface area contributed by atoms with Crippen LogP contribution < -0.4 is 5.32 Å². The van der Waals surface area contributed by atoms with E-state index in [1.54, 1.807) is 0 Å². The van der Waals surface area contributed by atoms with Crippen LogP contribution in [0.25, 0.3) is 0 Å². The van der Waals surface area contributed by atoms with Crippen molar-refractivity contribution < 1.29 is 0 Å². The summed E-state index contributed by atoms with van der Waals surface area (Å²) in [5, 5.41) is 4.29. The van der Waals surface area contributed by atoms with Crippen LogP contribution in [0.5, 0.6) is 0 Å². The summed E-state index contributed by atoms with van der Waals surface area (Å²) < 4.78 is 1.15. The zero-order valence-electron chi connectivity index (χ0n) is 12.4. The van der Waals surface area contributed by atoms with Gasteiger partial charge in [-0.3, -0.25) is 0 Å². The van der Waals surface area contributed by atoms with Crippen molar-refractivity contribution in [2.45, 2.75) is 31.1 Å². The third kappa shape index (κ3) is 4.76. The molecule has 1 heterocycles. The van der Waals surface area contributed by atoms with Gasteiger partial charge in [0, 0.05) is 41.2 Å². The van der Waals surface area contributed by atoms with Crippen molar-refractivity contribution in [3.63, 3.8) is 0 Å². The van der Waals surface area contributed by atoms with Crippen molar-refractivity contribution >= 4 is 27.7 Å². The maximum atomic E-state index is 3.50. The Morgan fingerprint density at radius 3 is 2.80 bits per heavy atom. The molecule has 1 aromatic rings. The van der Waals surface area contributed by atoms with Gasteiger partial charge >= 0.3 is 0 Å². The Labute approximate surface area is 135 Å². The van der Waals surface area contributed by atoms with Gasteiger partial charge in [-0.1, -0.05) is 35.0 Å². The van der Waals surface area contributed by atoms with E-state index in [-0.39, 0.29) is 0 Å². The topological polar surface area (TPSA) is 15.3 Å². The molecule has 0 aliphatic carbocycles. The molecule has 2 unspecified atom stereocenters. The van der Waals surface area contributed by atoms with Crippen LogP contribution in [0.2, 0.25) is 0 Å². The minimum atomic E-state index is 0.456. The smallest absolute Gasteiger partial charge is 0.0329 e. The molecule has 0 saturated carbocycles. The van der Waals surface area contributed by atoms with Gasteiger partial charge in [0.15, 0.2) is 0 Å². The van der Waals surface area contributed by atoms with Crippen LogP contribution in [0.15, 0.2) is 28.7 Å². The monoisotopic (exact) mass is 356 g/mol. The number of halogens is 1. The molecule has 0 spiro atoms. The largest absolute Gasteiger partial charge is 0.313 e. The molecule has 0 aromatic heterocycles. The Hall–Kier alpha value is -0.0300. The second kappa shape index (κ2) is 8.42. The molecule has 0 amide bonds. The first-order valence-corrected chi connectivity index (χ1v) is 9.33. The summed E-state index contributed by atoms with van der Waals surface area (Å²) in [4.78, 5) is 2.63. The molecule has 1 N–H and O–H groups in total. The first-order valence-electron chi connectivity index (χ1n) is 7.49. The van der Waals surface area contributed by atoms with Gasteiger partial charge in [-0.2, -0.15) is 11.8 Å². The average molecular weight is 357 g/mol. The molecule has 0 bridgehead atoms. The second-order valence-electron chi connectivity index (χ2n) is 5.38. The average Bonchev–Trinajstić information content (AvgIpc) is 2.50. The van der Waals surface area contributed by atoms with E-state index in [1.165, 1.54) is 43.8 Å². The Morgan fingerprint density at radius 1 is 1.40 bits per heavy atom. The van der Waals surface area contributed by atoms with Crippen LogP contribution in [0.1, 0.15) is 31.4 Å². The lowest BCUT2D eigenvalue weighted by atomic mass is 10.0. The van der Waals surface area contributed by atoms with E-state index in [0.717, 1.165) is 9.72 Å². The fourth-order valence-corrected chi connectivity index (χ4v) is 4.23. The third-order valence-corrected chi connectivity index (χ3v) is 5.93. The maximum Gasteiger partial charge on any atom is 0.0329 e. The molecule has 0 radical (unpaired) electrons. The highest BCUT2D eigenvalue weighted by atomic mass is 79.9. The number of benzene rings is 1. The van der Waals surface area contributed by atoms with Gasteiger partial charge in [0.1, 0.15) is 0 Å². The van der Waals surface area contributed by atoms with Crippen molar-refractivity contribution in [3.05, 3.63) is 34.3 Å². The summed E-state index contributed by atoms with van der Waals surface area (Å²) in [6, 6.07) is 9.14. The van der Waals surface area contributed by atoms with Gasteiger partial charge < -0.3 is 10.2 Å². The predicted octanol–water partition coefficient (Wildman–Crippen LogP) is 3.93. The molecule has 2 nitrogen and oxygen atoms in total. The molecule has 2 rings (SSSR count). The summed E-state index contributed by atoms with van der Waals surface area (Å²) in [5.74, 6) is 1.29. The molecule has 1 aliphatic heterocycles. The summed E-state index contributed by atoms with van der Waals surface area (Å²) in [7, 11) is 2.06. The van der Waals surface area contributed by atoms with Crippen LogP contribution in [0, 0.1) is 0 Å². The van der Waals surface area contributed by atoms with E-state index in [9.17, 15) is 0 Å². The lowest BCUT2D eigenvalue weighted by Gasteiger charge is -2.32. The first-order chi connectivity index (χ1) is 9.72. The molecule has 2 atom stereocenters. The standard InChI is InChI=1S/C16H25BrN2S/c1-3-15-12-19(10-11-20-15)9-8-16(18-2)13-4-6-14(17)7-5-13/h4-7,15-16,18H,3,8-12H2,1-2H3. The van der Waals surface area contributed by atoms with Gasteiger partial charge in [0.25, 0.3) is 0 Å². The van der Waals surface area contributed by atoms with E-state index in [0.29, 0.717) is 6.04 Å². The van der Waals surface area contributed by atoms with Crippen LogP contribution >= 0.6 is 27.7 Å². The molecule has 1 aromatic carbocycles. The fourth-order valence-electron chi connectivity index (χ4n) is 2.71. The van der Waals surface area contributed by atoms with E-state index in [2.05, 4.69) is 76.1 Å². The minimum Gasteiger partial charge on any atom is -0.313 e. The predicted molar refractivity (Wildman–Crippen MR) is 93.5 cm³/mol. The van der Waals surface area contributed by atoms with Crippen molar-refractivity contribution in [1.29, 1.82) is 0 Å². The summed E-state index contributed by atoms with van der Waals surface area (Å²) in [6.45, 7) is 6.01. The van der Waals surface area contributed by atoms with Gasteiger partial charge in [0.05, 0.1) is 0 Å². The normalized spacial score (nSPS) is 21.9. The molecule has 20 heavy (non-hydrogen) atoms. The Morgan fingerprint density at radius 2 is 2.15 bits per heavy atom. The van der Waals surface area contributed by atoms with Crippen LogP contribution in [-0.2, 0) is 0 Å². The highest BCUT2D eigenvalue weighted by molar-refractivity contribution is 9.10. The zero-order valence-corrected chi connectivity index (χ0v) is 14.8. The lowest BCUT2D eigenvalue weighted by molar-refractivity contribution is 0.265. The molecule has 1 aliphatic rings. The summed E-state index contributed by atoms with van der Waals surface area (Å²) in [6.07, 6.45) is 2.47. The van der Waals surface area contributed by atoms with Gasteiger partial charge in [-0.15, -0.1) is 0 Å². The van der Waals surface area contributed by atoms with Gasteiger partial charge in [-0.05, 0) is 37.6 Å². The second-order valence-corrected chi connectivity index (χ2v) is 7.71. The number of hydrogen-bond donors (Lipinski definition) is 1. The molecule has 1 fully saturated rings. The molecular weight excluding hydrogens is 332 g/mol. The minimum absolute atomic E-state index is 0.456. The number of hydrogen-bond acceptors (Lipinski definition) is 3. The quantitative estimate of drug-likeness (QED) is 0.831. The van der Waals surface area contributed by atoms with Gasteiger partial charge in [0.2, 0.25) is 0 Å². The Bertz CT molecular complexity index is 396. The van der Waals surface area contributed by atoms with Crippen molar-refractivity contribution in [3.8, 4) is 0 Å². The molecule has 112 valence electrons. The van der Waals surface area contributed by atoms with Gasteiger partial charge in [-0.25, -0.2) is 0 Å². The van der Waals surface area contributed by atoms with Crippen LogP contribution in [-0.4, -0.2) is 42.6 Å². The fraction of sp³-hybridized carbons (Fsp3) is 0.625. The molecular formula is C16H25BrN2S. The number of nitrogens with zero attached hydrogens (tertiary/aromatic N) is 1. The van der Waals surface area contributed by atoms with Crippen molar-refractivity contribution in [2.24, 2.45) is 0 Å². The van der Waals surface area contributed by atoms with E-state index in [1.807, 2.05) is 0 Å². The Kier molecular flexibility index (Phi) is 6.88. The summed E-state index contributed by atoms with van der Waals surface area (Å²) in [5.41, 5.74) is 1.38. The van der Waals surface area contributed by atoms with E-state index in [4.69, 9.17) is 0 Å². The van der Waals surface area contributed by atoms with Crippen LogP contribution in [0.3, 0.4) is 0 Å². The number of thioether (sulfide) groups is 1. The number of nitrogens with one attached hydrogen (secondary N) is 1. The maximum absolute atomic E-state index is 3.50.